The zero-order valence-electron chi connectivity index (χ0n) is 7.93. The number of aliphatic hydroxyl groups excluding tert-OH is 1. The lowest BCUT2D eigenvalue weighted by atomic mass is 9.96. The molecule has 2 unspecified atom stereocenters. The summed E-state index contributed by atoms with van der Waals surface area (Å²) in [6, 6.07) is 0. The van der Waals surface area contributed by atoms with Gasteiger partial charge in [0.15, 0.2) is 0 Å². The highest BCUT2D eigenvalue weighted by Crippen LogP contribution is 2.16. The number of likely N-dealkylation sites (tertiary alicyclic amines) is 1. The van der Waals surface area contributed by atoms with Crippen molar-refractivity contribution in [3.05, 3.63) is 10.4 Å². The fourth-order valence-electron chi connectivity index (χ4n) is 1.55. The fourth-order valence-corrected chi connectivity index (χ4v) is 1.55. The number of aliphatic hydroxyl groups is 1. The van der Waals surface area contributed by atoms with Gasteiger partial charge in [-0.05, 0) is 24.4 Å². The average molecular weight is 184 g/mol. The maximum Gasteiger partial charge on any atom is 0.0693 e. The fraction of sp³-hybridized carbons (Fsp3) is 1.00. The van der Waals surface area contributed by atoms with E-state index in [1.165, 1.54) is 0 Å². The Morgan fingerprint density at radius 1 is 1.69 bits per heavy atom. The van der Waals surface area contributed by atoms with E-state index in [4.69, 9.17) is 5.53 Å². The van der Waals surface area contributed by atoms with Crippen LogP contribution in [0.15, 0.2) is 5.11 Å². The maximum absolute atomic E-state index is 9.56. The predicted octanol–water partition coefficient (Wildman–Crippen LogP) is 0.999. The number of hydrogen-bond donors (Lipinski definition) is 1. The second kappa shape index (κ2) is 5.07. The van der Waals surface area contributed by atoms with Crippen molar-refractivity contribution in [1.29, 1.82) is 0 Å². The number of piperidine rings is 1. The van der Waals surface area contributed by atoms with Crippen LogP contribution in [0.4, 0.5) is 0 Å². The van der Waals surface area contributed by atoms with Gasteiger partial charge in [-0.15, -0.1) is 0 Å². The molecule has 5 heteroatoms. The van der Waals surface area contributed by atoms with Gasteiger partial charge in [-0.2, -0.15) is 0 Å². The molecule has 0 aromatic rings. The summed E-state index contributed by atoms with van der Waals surface area (Å²) in [5, 5.41) is 13.0. The quantitative estimate of drug-likeness (QED) is 0.403. The minimum Gasteiger partial charge on any atom is -0.392 e. The van der Waals surface area contributed by atoms with Crippen LogP contribution in [0.1, 0.15) is 13.3 Å². The van der Waals surface area contributed by atoms with E-state index in [0.29, 0.717) is 19.0 Å². The molecule has 0 aromatic carbocycles. The molecular weight excluding hydrogens is 168 g/mol. The van der Waals surface area contributed by atoms with Crippen LogP contribution in [0.5, 0.6) is 0 Å². The van der Waals surface area contributed by atoms with E-state index in [1.54, 1.807) is 0 Å². The molecule has 1 heterocycles. The van der Waals surface area contributed by atoms with E-state index in [1.807, 2.05) is 0 Å². The second-order valence-corrected chi connectivity index (χ2v) is 3.59. The summed E-state index contributed by atoms with van der Waals surface area (Å²) in [4.78, 5) is 4.83. The van der Waals surface area contributed by atoms with Crippen molar-refractivity contribution in [2.24, 2.45) is 11.0 Å². The van der Waals surface area contributed by atoms with Crippen molar-refractivity contribution < 1.29 is 5.11 Å². The maximum atomic E-state index is 9.56. The van der Waals surface area contributed by atoms with Gasteiger partial charge in [0.2, 0.25) is 0 Å². The van der Waals surface area contributed by atoms with Crippen molar-refractivity contribution in [1.82, 2.24) is 4.90 Å². The molecule has 0 aliphatic carbocycles. The number of nitrogens with zero attached hydrogens (tertiary/aromatic N) is 4. The lowest BCUT2D eigenvalue weighted by Crippen LogP contribution is -2.43. The first-order valence-corrected chi connectivity index (χ1v) is 4.65. The Morgan fingerprint density at radius 3 is 3.08 bits per heavy atom. The Kier molecular flexibility index (Phi) is 4.02. The van der Waals surface area contributed by atoms with Crippen molar-refractivity contribution in [3.63, 3.8) is 0 Å². The highest BCUT2D eigenvalue weighted by Gasteiger charge is 2.23. The second-order valence-electron chi connectivity index (χ2n) is 3.59. The lowest BCUT2D eigenvalue weighted by Gasteiger charge is -2.33. The molecule has 1 aliphatic rings. The number of azide groups is 1. The third kappa shape index (κ3) is 3.22. The average Bonchev–Trinajstić information content (AvgIpc) is 2.12. The zero-order chi connectivity index (χ0) is 9.68. The Bertz CT molecular complexity index is 202. The monoisotopic (exact) mass is 184 g/mol. The molecule has 1 saturated heterocycles. The first kappa shape index (κ1) is 10.3. The molecule has 0 saturated carbocycles. The number of hydrogen-bond acceptors (Lipinski definition) is 3. The first-order chi connectivity index (χ1) is 6.24. The van der Waals surface area contributed by atoms with Crippen molar-refractivity contribution in [2.45, 2.75) is 19.4 Å². The van der Waals surface area contributed by atoms with Crippen LogP contribution in [-0.4, -0.2) is 42.3 Å². The summed E-state index contributed by atoms with van der Waals surface area (Å²) in [5.41, 5.74) is 8.08. The van der Waals surface area contributed by atoms with Gasteiger partial charge in [-0.1, -0.05) is 12.0 Å². The van der Waals surface area contributed by atoms with Crippen LogP contribution >= 0.6 is 0 Å². The molecule has 1 N–H and O–H groups in total. The predicted molar refractivity (Wildman–Crippen MR) is 50.2 cm³/mol. The standard InChI is InChI=1S/C8H16N4O/c1-7-2-4-12(6-8(7)13)5-3-10-11-9/h7-8,13H,2-6H2,1H3. The third-order valence-corrected chi connectivity index (χ3v) is 2.58. The van der Waals surface area contributed by atoms with Crippen LogP contribution in [0.3, 0.4) is 0 Å². The third-order valence-electron chi connectivity index (χ3n) is 2.58. The number of rotatable bonds is 3. The molecule has 0 aromatic heterocycles. The lowest BCUT2D eigenvalue weighted by molar-refractivity contribution is 0.0306. The molecule has 0 bridgehead atoms. The van der Waals surface area contributed by atoms with Gasteiger partial charge in [0.05, 0.1) is 6.10 Å². The van der Waals surface area contributed by atoms with Gasteiger partial charge in [0, 0.05) is 24.5 Å². The molecule has 13 heavy (non-hydrogen) atoms. The van der Waals surface area contributed by atoms with Crippen LogP contribution in [0.25, 0.3) is 10.4 Å². The smallest absolute Gasteiger partial charge is 0.0693 e. The SMILES string of the molecule is CC1CCN(CCN=[N+]=[N-])CC1O. The van der Waals surface area contributed by atoms with Gasteiger partial charge in [-0.3, -0.25) is 0 Å². The van der Waals surface area contributed by atoms with Crippen molar-refractivity contribution >= 4 is 0 Å². The van der Waals surface area contributed by atoms with E-state index >= 15 is 0 Å². The molecule has 2 atom stereocenters. The van der Waals surface area contributed by atoms with Crippen LogP contribution in [0.2, 0.25) is 0 Å². The Morgan fingerprint density at radius 2 is 2.46 bits per heavy atom. The van der Waals surface area contributed by atoms with Crippen molar-refractivity contribution in [3.8, 4) is 0 Å². The Hall–Kier alpha value is -0.770. The molecule has 0 spiro atoms. The van der Waals surface area contributed by atoms with E-state index in [2.05, 4.69) is 21.8 Å². The Balaban J connectivity index is 2.25. The van der Waals surface area contributed by atoms with E-state index in [-0.39, 0.29) is 6.10 Å². The molecule has 74 valence electrons. The molecular formula is C8H16N4O. The topological polar surface area (TPSA) is 72.2 Å². The molecule has 5 nitrogen and oxygen atoms in total. The van der Waals surface area contributed by atoms with Gasteiger partial charge in [-0.25, -0.2) is 0 Å². The van der Waals surface area contributed by atoms with Gasteiger partial charge in [0.25, 0.3) is 0 Å². The first-order valence-electron chi connectivity index (χ1n) is 4.65. The molecule has 0 amide bonds. The minimum absolute atomic E-state index is 0.222. The number of β-amino-alcohol motifs (C(OH)–C–C–N with tert-alkyl or cyclic N) is 1. The van der Waals surface area contributed by atoms with Gasteiger partial charge in [0.1, 0.15) is 0 Å². The molecule has 1 fully saturated rings. The summed E-state index contributed by atoms with van der Waals surface area (Å²) in [7, 11) is 0. The van der Waals surface area contributed by atoms with E-state index in [9.17, 15) is 5.11 Å². The highest BCUT2D eigenvalue weighted by molar-refractivity contribution is 4.77. The summed E-state index contributed by atoms with van der Waals surface area (Å²) in [6.45, 7) is 5.03. The molecule has 0 radical (unpaired) electrons. The molecule has 1 aliphatic heterocycles. The normalized spacial score (nSPS) is 29.7. The van der Waals surface area contributed by atoms with E-state index < -0.39 is 0 Å². The highest BCUT2D eigenvalue weighted by atomic mass is 16.3. The zero-order valence-corrected chi connectivity index (χ0v) is 7.93. The summed E-state index contributed by atoms with van der Waals surface area (Å²) < 4.78 is 0. The largest absolute Gasteiger partial charge is 0.392 e. The molecule has 1 rings (SSSR count). The summed E-state index contributed by atoms with van der Waals surface area (Å²) in [6.07, 6.45) is 0.803. The summed E-state index contributed by atoms with van der Waals surface area (Å²) in [5.74, 6) is 0.399. The van der Waals surface area contributed by atoms with E-state index in [0.717, 1.165) is 19.5 Å². The van der Waals surface area contributed by atoms with Crippen molar-refractivity contribution in [2.75, 3.05) is 26.2 Å². The van der Waals surface area contributed by atoms with Crippen LogP contribution < -0.4 is 0 Å². The van der Waals surface area contributed by atoms with Gasteiger partial charge < -0.3 is 10.0 Å². The van der Waals surface area contributed by atoms with Crippen LogP contribution in [0, 0.1) is 5.92 Å². The summed E-state index contributed by atoms with van der Waals surface area (Å²) >= 11 is 0. The minimum atomic E-state index is -0.222. The van der Waals surface area contributed by atoms with Gasteiger partial charge >= 0.3 is 0 Å². The van der Waals surface area contributed by atoms with Crippen LogP contribution in [-0.2, 0) is 0 Å². The Labute approximate surface area is 78.0 Å².